The van der Waals surface area contributed by atoms with E-state index >= 15 is 0 Å². The maximum absolute atomic E-state index is 10.5. The number of hydrogen-bond donors (Lipinski definition) is 1. The van der Waals surface area contributed by atoms with Crippen LogP contribution in [0.25, 0.3) is 0 Å². The minimum Gasteiger partial charge on any atom is -0.385 e. The van der Waals surface area contributed by atoms with E-state index in [2.05, 4.69) is 15.9 Å². The zero-order chi connectivity index (χ0) is 13.1. The first-order valence-corrected chi connectivity index (χ1v) is 6.60. The molecular weight excluding hydrogens is 280 g/mol. The van der Waals surface area contributed by atoms with Crippen LogP contribution in [0.5, 0.6) is 0 Å². The monoisotopic (exact) mass is 300 g/mol. The Morgan fingerprint density at radius 3 is 2.29 bits per heavy atom. The molecule has 0 saturated heterocycles. The highest BCUT2D eigenvalue weighted by Crippen LogP contribution is 2.33. The van der Waals surface area contributed by atoms with Crippen molar-refractivity contribution in [3.05, 3.63) is 34.3 Å². The summed E-state index contributed by atoms with van der Waals surface area (Å²) in [7, 11) is 1.70. The molecule has 1 unspecified atom stereocenters. The predicted molar refractivity (Wildman–Crippen MR) is 74.0 cm³/mol. The van der Waals surface area contributed by atoms with Crippen LogP contribution in [0, 0.1) is 0 Å². The van der Waals surface area contributed by atoms with Gasteiger partial charge in [0.15, 0.2) is 0 Å². The Kier molecular flexibility index (Phi) is 4.76. The topological polar surface area (TPSA) is 29.5 Å². The van der Waals surface area contributed by atoms with Crippen LogP contribution in [0.3, 0.4) is 0 Å². The molecule has 0 amide bonds. The maximum atomic E-state index is 10.5. The second kappa shape index (κ2) is 5.51. The molecule has 1 atom stereocenters. The van der Waals surface area contributed by atoms with Crippen LogP contribution in [0.15, 0.2) is 28.7 Å². The average molecular weight is 301 g/mol. The van der Waals surface area contributed by atoms with Crippen LogP contribution in [-0.4, -0.2) is 17.8 Å². The molecule has 2 nitrogen and oxygen atoms in total. The molecule has 0 aliphatic rings. The van der Waals surface area contributed by atoms with Crippen molar-refractivity contribution in [1.82, 2.24) is 0 Å². The fourth-order valence-electron chi connectivity index (χ4n) is 1.68. The van der Waals surface area contributed by atoms with Gasteiger partial charge in [0.2, 0.25) is 0 Å². The highest BCUT2D eigenvalue weighted by atomic mass is 79.9. The number of hydrogen-bond acceptors (Lipinski definition) is 2. The molecular formula is C14H21BrO2. The third kappa shape index (κ3) is 4.09. The Labute approximate surface area is 112 Å². The summed E-state index contributed by atoms with van der Waals surface area (Å²) in [6.07, 6.45) is 1.47. The molecule has 0 aromatic heterocycles. The first kappa shape index (κ1) is 14.7. The summed E-state index contributed by atoms with van der Waals surface area (Å²) < 4.78 is 6.32. The van der Waals surface area contributed by atoms with Gasteiger partial charge in [0, 0.05) is 11.6 Å². The third-order valence-electron chi connectivity index (χ3n) is 3.22. The minimum atomic E-state index is -0.837. The van der Waals surface area contributed by atoms with Gasteiger partial charge in [-0.3, -0.25) is 0 Å². The largest absolute Gasteiger partial charge is 0.385 e. The molecule has 0 heterocycles. The zero-order valence-electron chi connectivity index (χ0n) is 11.0. The summed E-state index contributed by atoms with van der Waals surface area (Å²) in [5.41, 5.74) is -0.117. The van der Waals surface area contributed by atoms with Gasteiger partial charge in [0.1, 0.15) is 0 Å². The smallest absolute Gasteiger partial charge is 0.0880 e. The Balaban J connectivity index is 2.79. The Morgan fingerprint density at radius 1 is 1.18 bits per heavy atom. The van der Waals surface area contributed by atoms with E-state index < -0.39 is 5.60 Å². The predicted octanol–water partition coefficient (Wildman–Crippen LogP) is 3.86. The van der Waals surface area contributed by atoms with E-state index in [1.807, 2.05) is 45.0 Å². The van der Waals surface area contributed by atoms with Gasteiger partial charge in [0.25, 0.3) is 0 Å². The molecule has 0 aliphatic heterocycles. The van der Waals surface area contributed by atoms with Crippen molar-refractivity contribution in [2.24, 2.45) is 0 Å². The maximum Gasteiger partial charge on any atom is 0.0880 e. The highest BCUT2D eigenvalue weighted by molar-refractivity contribution is 9.10. The van der Waals surface area contributed by atoms with Crippen molar-refractivity contribution >= 4 is 15.9 Å². The minimum absolute atomic E-state index is 0.203. The van der Waals surface area contributed by atoms with Crippen LogP contribution in [0.1, 0.15) is 39.2 Å². The van der Waals surface area contributed by atoms with E-state index in [-0.39, 0.29) is 5.60 Å². The Hall–Kier alpha value is -0.380. The van der Waals surface area contributed by atoms with Crippen LogP contribution in [0.4, 0.5) is 0 Å². The molecule has 1 aromatic carbocycles. The molecule has 1 N–H and O–H groups in total. The van der Waals surface area contributed by atoms with E-state index in [1.54, 1.807) is 7.11 Å². The normalized spacial score (nSPS) is 15.6. The van der Waals surface area contributed by atoms with E-state index in [4.69, 9.17) is 4.74 Å². The molecule has 1 aromatic rings. The van der Waals surface area contributed by atoms with Crippen molar-refractivity contribution in [3.8, 4) is 0 Å². The molecule has 96 valence electrons. The molecule has 17 heavy (non-hydrogen) atoms. The molecule has 0 aliphatic carbocycles. The molecule has 1 rings (SSSR count). The van der Waals surface area contributed by atoms with Gasteiger partial charge in [-0.15, -0.1) is 0 Å². The fraction of sp³-hybridized carbons (Fsp3) is 0.571. The van der Waals surface area contributed by atoms with Gasteiger partial charge in [0.05, 0.1) is 11.2 Å². The van der Waals surface area contributed by atoms with Crippen molar-refractivity contribution in [2.75, 3.05) is 7.11 Å². The van der Waals surface area contributed by atoms with Crippen LogP contribution >= 0.6 is 15.9 Å². The number of rotatable bonds is 5. The van der Waals surface area contributed by atoms with Crippen LogP contribution in [-0.2, 0) is 10.3 Å². The van der Waals surface area contributed by atoms with Crippen molar-refractivity contribution in [2.45, 2.75) is 44.8 Å². The van der Waals surface area contributed by atoms with Gasteiger partial charge in [-0.25, -0.2) is 0 Å². The highest BCUT2D eigenvalue weighted by Gasteiger charge is 2.28. The summed E-state index contributed by atoms with van der Waals surface area (Å²) in [5, 5.41) is 10.5. The molecule has 0 bridgehead atoms. The Morgan fingerprint density at radius 2 is 1.76 bits per heavy atom. The Bertz CT molecular complexity index is 372. The quantitative estimate of drug-likeness (QED) is 0.895. The van der Waals surface area contributed by atoms with Crippen LogP contribution < -0.4 is 0 Å². The number of aliphatic hydroxyl groups is 1. The summed E-state index contributed by atoms with van der Waals surface area (Å²) in [4.78, 5) is 0. The van der Waals surface area contributed by atoms with E-state index in [0.29, 0.717) is 6.42 Å². The summed E-state index contributed by atoms with van der Waals surface area (Å²) in [5.74, 6) is 0. The lowest BCUT2D eigenvalue weighted by Crippen LogP contribution is -2.29. The van der Waals surface area contributed by atoms with Crippen molar-refractivity contribution < 1.29 is 9.84 Å². The molecule has 0 spiro atoms. The summed E-state index contributed by atoms with van der Waals surface area (Å²) in [6.45, 7) is 5.91. The van der Waals surface area contributed by atoms with Gasteiger partial charge in [-0.1, -0.05) is 34.1 Å². The van der Waals surface area contributed by atoms with E-state index in [9.17, 15) is 5.11 Å². The number of ether oxygens (including phenoxy) is 1. The summed E-state index contributed by atoms with van der Waals surface area (Å²) >= 11 is 3.48. The molecule has 0 fully saturated rings. The van der Waals surface area contributed by atoms with Crippen LogP contribution in [0.2, 0.25) is 0 Å². The standard InChI is InChI=1S/C14H21BrO2/c1-13(2,17-4)9-10-14(3,16)11-7-5-6-8-12(11)15/h5-8,16H,9-10H2,1-4H3. The molecule has 0 radical (unpaired) electrons. The van der Waals surface area contributed by atoms with E-state index in [1.165, 1.54) is 0 Å². The number of halogens is 1. The van der Waals surface area contributed by atoms with Gasteiger partial charge in [-0.2, -0.15) is 0 Å². The third-order valence-corrected chi connectivity index (χ3v) is 3.91. The molecule has 3 heteroatoms. The lowest BCUT2D eigenvalue weighted by molar-refractivity contribution is -0.0213. The lowest BCUT2D eigenvalue weighted by atomic mass is 9.87. The SMILES string of the molecule is COC(C)(C)CCC(C)(O)c1ccccc1Br. The zero-order valence-corrected chi connectivity index (χ0v) is 12.5. The van der Waals surface area contributed by atoms with Crippen molar-refractivity contribution in [1.29, 1.82) is 0 Å². The lowest BCUT2D eigenvalue weighted by Gasteiger charge is -2.30. The van der Waals surface area contributed by atoms with Gasteiger partial charge < -0.3 is 9.84 Å². The number of benzene rings is 1. The molecule has 0 saturated carbocycles. The van der Waals surface area contributed by atoms with Crippen molar-refractivity contribution in [3.63, 3.8) is 0 Å². The van der Waals surface area contributed by atoms with Gasteiger partial charge >= 0.3 is 0 Å². The number of methoxy groups -OCH3 is 1. The average Bonchev–Trinajstić information content (AvgIpc) is 2.27. The first-order valence-electron chi connectivity index (χ1n) is 5.81. The van der Waals surface area contributed by atoms with Gasteiger partial charge in [-0.05, 0) is 45.2 Å². The summed E-state index contributed by atoms with van der Waals surface area (Å²) in [6, 6.07) is 7.79. The first-order chi connectivity index (χ1) is 7.78. The van der Waals surface area contributed by atoms with E-state index in [0.717, 1.165) is 16.5 Å². The fourth-order valence-corrected chi connectivity index (χ4v) is 2.39. The second-order valence-corrected chi connectivity index (χ2v) is 6.07. The second-order valence-electron chi connectivity index (χ2n) is 5.22.